The fraction of sp³-hybridized carbons (Fsp3) is 1.00. The first-order valence-corrected chi connectivity index (χ1v) is 4.69. The highest BCUT2D eigenvalue weighted by molar-refractivity contribution is 7.99. The Hall–Kier alpha value is 0.310. The predicted molar refractivity (Wildman–Crippen MR) is 45.6 cm³/mol. The number of rotatable bonds is 5. The van der Waals surface area contributed by atoms with Gasteiger partial charge in [0.25, 0.3) is 0 Å². The van der Waals surface area contributed by atoms with Crippen LogP contribution in [0.4, 0.5) is 0 Å². The van der Waals surface area contributed by atoms with Crippen molar-refractivity contribution in [2.24, 2.45) is 5.73 Å². The van der Waals surface area contributed by atoms with Crippen LogP contribution in [0.25, 0.3) is 0 Å². The SMILES string of the molecule is CCCCCSC(C)N. The average molecular weight is 147 g/mol. The van der Waals surface area contributed by atoms with Gasteiger partial charge in [0.2, 0.25) is 0 Å². The van der Waals surface area contributed by atoms with E-state index >= 15 is 0 Å². The molecular formula is C7H17NS. The molecule has 9 heavy (non-hydrogen) atoms. The molecule has 0 radical (unpaired) electrons. The Labute approximate surface area is 62.4 Å². The van der Waals surface area contributed by atoms with Crippen LogP contribution in [0.3, 0.4) is 0 Å². The van der Waals surface area contributed by atoms with E-state index in [0.717, 1.165) is 0 Å². The Morgan fingerprint density at radius 1 is 1.44 bits per heavy atom. The van der Waals surface area contributed by atoms with E-state index in [1.165, 1.54) is 25.0 Å². The lowest BCUT2D eigenvalue weighted by Gasteiger charge is -2.02. The molecule has 0 rings (SSSR count). The molecule has 0 heterocycles. The predicted octanol–water partition coefficient (Wildman–Crippen LogP) is 2.21. The van der Waals surface area contributed by atoms with Crippen LogP contribution in [0.15, 0.2) is 0 Å². The summed E-state index contributed by atoms with van der Waals surface area (Å²) in [5.41, 5.74) is 5.54. The maximum Gasteiger partial charge on any atom is 0.0478 e. The topological polar surface area (TPSA) is 26.0 Å². The molecule has 0 saturated heterocycles. The largest absolute Gasteiger partial charge is 0.320 e. The van der Waals surface area contributed by atoms with Crippen molar-refractivity contribution in [2.45, 2.75) is 38.5 Å². The van der Waals surface area contributed by atoms with Crippen molar-refractivity contribution >= 4 is 11.8 Å². The first-order valence-electron chi connectivity index (χ1n) is 3.64. The first kappa shape index (κ1) is 9.31. The van der Waals surface area contributed by atoms with Gasteiger partial charge in [0.1, 0.15) is 0 Å². The molecule has 0 aromatic carbocycles. The Morgan fingerprint density at radius 2 is 2.11 bits per heavy atom. The molecule has 0 fully saturated rings. The van der Waals surface area contributed by atoms with Crippen molar-refractivity contribution in [1.29, 1.82) is 0 Å². The van der Waals surface area contributed by atoms with Gasteiger partial charge in [-0.15, -0.1) is 11.8 Å². The second kappa shape index (κ2) is 6.43. The van der Waals surface area contributed by atoms with Crippen LogP contribution in [0.5, 0.6) is 0 Å². The van der Waals surface area contributed by atoms with Crippen LogP contribution in [-0.2, 0) is 0 Å². The third-order valence-corrected chi connectivity index (χ3v) is 2.18. The number of unbranched alkanes of at least 4 members (excludes halogenated alkanes) is 2. The molecular weight excluding hydrogens is 130 g/mol. The lowest BCUT2D eigenvalue weighted by atomic mass is 10.3. The molecule has 1 atom stereocenters. The maximum atomic E-state index is 5.54. The molecule has 0 aromatic rings. The van der Waals surface area contributed by atoms with Crippen molar-refractivity contribution in [3.63, 3.8) is 0 Å². The number of thioether (sulfide) groups is 1. The van der Waals surface area contributed by atoms with Crippen LogP contribution in [-0.4, -0.2) is 11.1 Å². The Kier molecular flexibility index (Phi) is 6.65. The summed E-state index contributed by atoms with van der Waals surface area (Å²) in [7, 11) is 0. The summed E-state index contributed by atoms with van der Waals surface area (Å²) < 4.78 is 0. The maximum absolute atomic E-state index is 5.54. The molecule has 0 aromatic heterocycles. The van der Waals surface area contributed by atoms with E-state index in [0.29, 0.717) is 5.37 Å². The monoisotopic (exact) mass is 147 g/mol. The minimum Gasteiger partial charge on any atom is -0.320 e. The van der Waals surface area contributed by atoms with Crippen molar-refractivity contribution in [2.75, 3.05) is 5.75 Å². The van der Waals surface area contributed by atoms with Gasteiger partial charge < -0.3 is 5.73 Å². The third-order valence-electron chi connectivity index (χ3n) is 1.13. The second-order valence-electron chi connectivity index (χ2n) is 2.28. The van der Waals surface area contributed by atoms with Gasteiger partial charge in [-0.3, -0.25) is 0 Å². The van der Waals surface area contributed by atoms with Gasteiger partial charge in [0, 0.05) is 5.37 Å². The van der Waals surface area contributed by atoms with Crippen LogP contribution in [0.2, 0.25) is 0 Å². The lowest BCUT2D eigenvalue weighted by molar-refractivity contribution is 0.777. The second-order valence-corrected chi connectivity index (χ2v) is 3.77. The zero-order chi connectivity index (χ0) is 7.11. The van der Waals surface area contributed by atoms with Crippen molar-refractivity contribution in [1.82, 2.24) is 0 Å². The summed E-state index contributed by atoms with van der Waals surface area (Å²) in [5, 5.41) is 0.321. The fourth-order valence-electron chi connectivity index (χ4n) is 0.621. The Balaban J connectivity index is 2.75. The highest BCUT2D eigenvalue weighted by Gasteiger charge is 1.91. The lowest BCUT2D eigenvalue weighted by Crippen LogP contribution is -2.09. The molecule has 0 aliphatic heterocycles. The summed E-state index contributed by atoms with van der Waals surface area (Å²) in [6, 6.07) is 0. The van der Waals surface area contributed by atoms with Crippen molar-refractivity contribution in [3.05, 3.63) is 0 Å². The molecule has 0 aliphatic rings. The molecule has 56 valence electrons. The quantitative estimate of drug-likeness (QED) is 0.476. The summed E-state index contributed by atoms with van der Waals surface area (Å²) in [6.45, 7) is 4.26. The summed E-state index contributed by atoms with van der Waals surface area (Å²) in [4.78, 5) is 0. The smallest absolute Gasteiger partial charge is 0.0478 e. The molecule has 1 unspecified atom stereocenters. The van der Waals surface area contributed by atoms with Crippen molar-refractivity contribution in [3.8, 4) is 0 Å². The Bertz CT molecular complexity index is 54.9. The van der Waals surface area contributed by atoms with Gasteiger partial charge in [-0.25, -0.2) is 0 Å². The number of hydrogen-bond donors (Lipinski definition) is 1. The average Bonchev–Trinajstić information content (AvgIpc) is 1.80. The molecule has 0 spiro atoms. The molecule has 0 bridgehead atoms. The van der Waals surface area contributed by atoms with Crippen LogP contribution in [0.1, 0.15) is 33.1 Å². The minimum atomic E-state index is 0.321. The highest BCUT2D eigenvalue weighted by Crippen LogP contribution is 2.08. The molecule has 0 aliphatic carbocycles. The molecule has 0 amide bonds. The molecule has 0 saturated carbocycles. The third kappa shape index (κ3) is 8.31. The van der Waals surface area contributed by atoms with Crippen LogP contribution in [0, 0.1) is 0 Å². The summed E-state index contributed by atoms with van der Waals surface area (Å²) >= 11 is 1.85. The van der Waals surface area contributed by atoms with Gasteiger partial charge in [-0.05, 0) is 19.1 Å². The standard InChI is InChI=1S/C7H17NS/c1-3-4-5-6-9-7(2)8/h7H,3-6,8H2,1-2H3. The molecule has 1 nitrogen and oxygen atoms in total. The first-order chi connectivity index (χ1) is 4.27. The zero-order valence-electron chi connectivity index (χ0n) is 6.39. The van der Waals surface area contributed by atoms with Gasteiger partial charge in [0.15, 0.2) is 0 Å². The van der Waals surface area contributed by atoms with Crippen LogP contribution >= 0.6 is 11.8 Å². The molecule has 2 heteroatoms. The van der Waals surface area contributed by atoms with Gasteiger partial charge >= 0.3 is 0 Å². The van der Waals surface area contributed by atoms with Crippen molar-refractivity contribution < 1.29 is 0 Å². The number of hydrogen-bond acceptors (Lipinski definition) is 2. The van der Waals surface area contributed by atoms with E-state index in [1.807, 2.05) is 18.7 Å². The summed E-state index contributed by atoms with van der Waals surface area (Å²) in [5.74, 6) is 1.23. The van der Waals surface area contributed by atoms with Gasteiger partial charge in [0.05, 0.1) is 0 Å². The Morgan fingerprint density at radius 3 is 2.56 bits per heavy atom. The van der Waals surface area contributed by atoms with Crippen LogP contribution < -0.4 is 5.73 Å². The van der Waals surface area contributed by atoms with Gasteiger partial charge in [-0.1, -0.05) is 19.8 Å². The van der Waals surface area contributed by atoms with E-state index in [2.05, 4.69) is 6.92 Å². The van der Waals surface area contributed by atoms with E-state index < -0.39 is 0 Å². The highest BCUT2D eigenvalue weighted by atomic mass is 32.2. The van der Waals surface area contributed by atoms with E-state index in [1.54, 1.807) is 0 Å². The zero-order valence-corrected chi connectivity index (χ0v) is 7.21. The normalized spacial score (nSPS) is 13.7. The minimum absolute atomic E-state index is 0.321. The van der Waals surface area contributed by atoms with E-state index in [-0.39, 0.29) is 0 Å². The van der Waals surface area contributed by atoms with Gasteiger partial charge in [-0.2, -0.15) is 0 Å². The van der Waals surface area contributed by atoms with E-state index in [4.69, 9.17) is 5.73 Å². The van der Waals surface area contributed by atoms with E-state index in [9.17, 15) is 0 Å². The number of nitrogens with two attached hydrogens (primary N) is 1. The summed E-state index contributed by atoms with van der Waals surface area (Å²) in [6.07, 6.45) is 3.97. The molecule has 2 N–H and O–H groups in total. The fourth-order valence-corrected chi connectivity index (χ4v) is 1.36.